The van der Waals surface area contributed by atoms with Crippen molar-refractivity contribution in [2.45, 2.75) is 44.4 Å². The maximum absolute atomic E-state index is 13.8. The predicted molar refractivity (Wildman–Crippen MR) is 59.8 cm³/mol. The summed E-state index contributed by atoms with van der Waals surface area (Å²) in [6.45, 7) is 4.25. The Labute approximate surface area is 99.9 Å². The fourth-order valence-electron chi connectivity index (χ4n) is 2.02. The molecule has 1 aliphatic rings. The highest BCUT2D eigenvalue weighted by Crippen LogP contribution is 2.52. The average molecular weight is 246 g/mol. The van der Waals surface area contributed by atoms with Crippen LogP contribution in [0.15, 0.2) is 0 Å². The van der Waals surface area contributed by atoms with E-state index in [2.05, 4.69) is 10.1 Å². The first-order valence-electron chi connectivity index (χ1n) is 5.50. The minimum absolute atomic E-state index is 0.238. The van der Waals surface area contributed by atoms with Crippen molar-refractivity contribution in [3.63, 3.8) is 0 Å². The van der Waals surface area contributed by atoms with E-state index in [0.29, 0.717) is 0 Å². The Morgan fingerprint density at radius 1 is 1.59 bits per heavy atom. The first-order chi connectivity index (χ1) is 7.65. The second-order valence-corrected chi connectivity index (χ2v) is 5.06. The Morgan fingerprint density at radius 3 is 2.41 bits per heavy atom. The second kappa shape index (κ2) is 4.25. The molecular weight excluding hydrogens is 227 g/mol. The van der Waals surface area contributed by atoms with Gasteiger partial charge in [0.25, 0.3) is 0 Å². The molecule has 0 aromatic heterocycles. The van der Waals surface area contributed by atoms with Crippen molar-refractivity contribution in [2.75, 3.05) is 7.11 Å². The van der Waals surface area contributed by atoms with Gasteiger partial charge in [-0.3, -0.25) is 4.79 Å². The number of carbonyl (C=O) groups is 2. The maximum atomic E-state index is 13.8. The summed E-state index contributed by atoms with van der Waals surface area (Å²) in [6.07, 6.45) is 0.238. The van der Waals surface area contributed by atoms with Crippen LogP contribution in [0.3, 0.4) is 0 Å². The normalized spacial score (nSPS) is 29.4. The highest BCUT2D eigenvalue weighted by atomic mass is 19.1. The van der Waals surface area contributed by atoms with Crippen LogP contribution in [0.5, 0.6) is 0 Å². The minimum atomic E-state index is -1.56. The summed E-state index contributed by atoms with van der Waals surface area (Å²) in [5.41, 5.74) is 2.60. The van der Waals surface area contributed by atoms with Crippen molar-refractivity contribution in [3.05, 3.63) is 0 Å². The molecule has 0 bridgehead atoms. The highest BCUT2D eigenvalue weighted by Gasteiger charge is 2.68. The Morgan fingerprint density at radius 2 is 2.12 bits per heavy atom. The van der Waals surface area contributed by atoms with Gasteiger partial charge in [0.15, 0.2) is 0 Å². The largest absolute Gasteiger partial charge is 0.467 e. The summed E-state index contributed by atoms with van der Waals surface area (Å²) in [6, 6.07) is -0.750. The summed E-state index contributed by atoms with van der Waals surface area (Å²) in [7, 11) is 1.21. The zero-order valence-corrected chi connectivity index (χ0v) is 10.5. The van der Waals surface area contributed by atoms with E-state index < -0.39 is 35.0 Å². The molecule has 1 rings (SSSR count). The van der Waals surface area contributed by atoms with Gasteiger partial charge in [0.1, 0.15) is 11.2 Å². The number of halogens is 1. The van der Waals surface area contributed by atoms with Gasteiger partial charge in [0.05, 0.1) is 13.2 Å². The van der Waals surface area contributed by atoms with Crippen molar-refractivity contribution >= 4 is 11.9 Å². The van der Waals surface area contributed by atoms with Crippen molar-refractivity contribution < 1.29 is 18.7 Å². The van der Waals surface area contributed by atoms with E-state index in [1.807, 2.05) is 0 Å². The molecule has 98 valence electrons. The highest BCUT2D eigenvalue weighted by molar-refractivity contribution is 5.93. The summed E-state index contributed by atoms with van der Waals surface area (Å²) < 4.78 is 18.4. The molecule has 0 saturated heterocycles. The first-order valence-corrected chi connectivity index (χ1v) is 5.50. The van der Waals surface area contributed by atoms with Gasteiger partial charge >= 0.3 is 5.97 Å². The Kier molecular flexibility index (Phi) is 3.47. The fourth-order valence-corrected chi connectivity index (χ4v) is 2.02. The zero-order valence-electron chi connectivity index (χ0n) is 10.5. The van der Waals surface area contributed by atoms with Gasteiger partial charge in [0.2, 0.25) is 5.91 Å². The smallest absolute Gasteiger partial charge is 0.332 e. The van der Waals surface area contributed by atoms with Gasteiger partial charge in [-0.2, -0.15) is 0 Å². The lowest BCUT2D eigenvalue weighted by atomic mass is 10.0. The van der Waals surface area contributed by atoms with Gasteiger partial charge < -0.3 is 15.8 Å². The lowest BCUT2D eigenvalue weighted by Crippen LogP contribution is -2.52. The number of carbonyl (C=O) groups excluding carboxylic acids is 2. The number of methoxy groups -OCH3 is 1. The lowest BCUT2D eigenvalue weighted by Gasteiger charge is -2.22. The molecule has 1 aliphatic carbocycles. The first kappa shape index (κ1) is 13.9. The van der Waals surface area contributed by atoms with Crippen LogP contribution in [-0.4, -0.2) is 36.2 Å². The van der Waals surface area contributed by atoms with Crippen LogP contribution in [0.1, 0.15) is 27.2 Å². The van der Waals surface area contributed by atoms with Crippen molar-refractivity contribution in [2.24, 2.45) is 11.7 Å². The van der Waals surface area contributed by atoms with E-state index in [-0.39, 0.29) is 6.42 Å². The van der Waals surface area contributed by atoms with Crippen molar-refractivity contribution in [1.82, 2.24) is 5.32 Å². The number of nitrogens with one attached hydrogen (secondary N) is 1. The van der Waals surface area contributed by atoms with Gasteiger partial charge in [-0.1, -0.05) is 0 Å². The topological polar surface area (TPSA) is 81.4 Å². The lowest BCUT2D eigenvalue weighted by molar-refractivity contribution is -0.147. The molecule has 0 aromatic rings. The molecule has 3 N–H and O–H groups in total. The van der Waals surface area contributed by atoms with E-state index in [1.54, 1.807) is 0 Å². The summed E-state index contributed by atoms with van der Waals surface area (Å²) in [5, 5.41) is 2.50. The molecule has 5 nitrogen and oxygen atoms in total. The third kappa shape index (κ3) is 2.57. The van der Waals surface area contributed by atoms with Crippen LogP contribution < -0.4 is 11.1 Å². The van der Waals surface area contributed by atoms with Gasteiger partial charge in [-0.15, -0.1) is 0 Å². The number of rotatable bonds is 4. The number of hydrogen-bond acceptors (Lipinski definition) is 4. The number of alkyl halides is 1. The molecule has 17 heavy (non-hydrogen) atoms. The SMILES string of the molecule is COC(=O)C1(NC(=O)[C@H](C)N)CC1C(C)(C)F. The zero-order chi connectivity index (χ0) is 13.4. The number of amides is 1. The minimum Gasteiger partial charge on any atom is -0.467 e. The van der Waals surface area contributed by atoms with E-state index in [1.165, 1.54) is 27.9 Å². The standard InChI is InChI=1S/C11H19FN2O3/c1-6(13)8(15)14-11(9(16)17-4)5-7(11)10(2,3)12/h6-7H,5,13H2,1-4H3,(H,14,15)/t6-,7?,11?/m0/s1. The van der Waals surface area contributed by atoms with Crippen molar-refractivity contribution in [1.29, 1.82) is 0 Å². The molecule has 0 heterocycles. The van der Waals surface area contributed by atoms with Crippen LogP contribution >= 0.6 is 0 Å². The monoisotopic (exact) mass is 246 g/mol. The van der Waals surface area contributed by atoms with Crippen LogP contribution in [0.4, 0.5) is 4.39 Å². The Bertz CT molecular complexity index is 338. The fraction of sp³-hybridized carbons (Fsp3) is 0.818. The molecule has 1 amide bonds. The predicted octanol–water partition coefficient (Wildman–Crippen LogP) is 0.130. The molecule has 0 spiro atoms. The van der Waals surface area contributed by atoms with Crippen LogP contribution in [0, 0.1) is 5.92 Å². The molecule has 1 fully saturated rings. The number of esters is 1. The third-order valence-corrected chi connectivity index (χ3v) is 3.10. The maximum Gasteiger partial charge on any atom is 0.332 e. The Balaban J connectivity index is 2.86. The van der Waals surface area contributed by atoms with E-state index in [0.717, 1.165) is 0 Å². The molecule has 0 aliphatic heterocycles. The van der Waals surface area contributed by atoms with Crippen molar-refractivity contribution in [3.8, 4) is 0 Å². The van der Waals surface area contributed by atoms with Gasteiger partial charge in [-0.25, -0.2) is 9.18 Å². The van der Waals surface area contributed by atoms with Gasteiger partial charge in [0, 0.05) is 5.92 Å². The van der Waals surface area contributed by atoms with Crippen LogP contribution in [0.25, 0.3) is 0 Å². The molecule has 0 aromatic carbocycles. The summed E-state index contributed by atoms with van der Waals surface area (Å²) >= 11 is 0. The van der Waals surface area contributed by atoms with E-state index >= 15 is 0 Å². The second-order valence-electron chi connectivity index (χ2n) is 5.06. The summed E-state index contributed by atoms with van der Waals surface area (Å²) in [4.78, 5) is 23.2. The molecule has 3 atom stereocenters. The average Bonchev–Trinajstić information content (AvgIpc) is 2.92. The van der Waals surface area contributed by atoms with Crippen LogP contribution in [-0.2, 0) is 14.3 Å². The molecule has 0 radical (unpaired) electrons. The third-order valence-electron chi connectivity index (χ3n) is 3.10. The molecule has 6 heteroatoms. The summed E-state index contributed by atoms with van der Waals surface area (Å²) in [5.74, 6) is -1.69. The van der Waals surface area contributed by atoms with Crippen LogP contribution in [0.2, 0.25) is 0 Å². The molecule has 1 saturated carbocycles. The van der Waals surface area contributed by atoms with E-state index in [4.69, 9.17) is 5.73 Å². The number of hydrogen-bond donors (Lipinski definition) is 2. The Hall–Kier alpha value is -1.17. The molecular formula is C11H19FN2O3. The number of nitrogens with two attached hydrogens (primary N) is 1. The van der Waals surface area contributed by atoms with Gasteiger partial charge in [-0.05, 0) is 27.2 Å². The number of ether oxygens (including phenoxy) is 1. The molecule has 2 unspecified atom stereocenters. The quantitative estimate of drug-likeness (QED) is 0.691. The van der Waals surface area contributed by atoms with E-state index in [9.17, 15) is 14.0 Å².